The lowest BCUT2D eigenvalue weighted by Crippen LogP contribution is -2.43. The smallest absolute Gasteiger partial charge is 0.263 e. The summed E-state index contributed by atoms with van der Waals surface area (Å²) in [5.41, 5.74) is 0. The van der Waals surface area contributed by atoms with Gasteiger partial charge in [0, 0.05) is 32.6 Å². The average molecular weight is 387 g/mol. The quantitative estimate of drug-likeness (QED) is 0.684. The highest BCUT2D eigenvalue weighted by molar-refractivity contribution is 7.12. The van der Waals surface area contributed by atoms with Crippen molar-refractivity contribution >= 4 is 23.2 Å². The van der Waals surface area contributed by atoms with Gasteiger partial charge < -0.3 is 14.5 Å². The first-order valence-electron chi connectivity index (χ1n) is 9.41. The molecule has 6 heteroatoms. The molecule has 2 amide bonds. The summed E-state index contributed by atoms with van der Waals surface area (Å²) in [6, 6.07) is 13.5. The molecule has 1 fully saturated rings. The van der Waals surface area contributed by atoms with E-state index in [-0.39, 0.29) is 17.7 Å². The van der Waals surface area contributed by atoms with Crippen molar-refractivity contribution in [1.29, 1.82) is 0 Å². The first kappa shape index (κ1) is 19.4. The second kappa shape index (κ2) is 9.55. The van der Waals surface area contributed by atoms with E-state index < -0.39 is 0 Å². The van der Waals surface area contributed by atoms with Gasteiger partial charge in [0.05, 0.1) is 11.5 Å². The van der Waals surface area contributed by atoms with Crippen molar-refractivity contribution in [3.05, 3.63) is 52.7 Å². The SMILES string of the molecule is CN(CCCOc1ccccc1)C(=O)C1CCN(C(=O)c2cccs2)CC1. The van der Waals surface area contributed by atoms with Crippen molar-refractivity contribution in [2.75, 3.05) is 33.3 Å². The molecule has 2 aromatic rings. The Balaban J connectivity index is 1.37. The van der Waals surface area contributed by atoms with Gasteiger partial charge in [-0.05, 0) is 42.8 Å². The lowest BCUT2D eigenvalue weighted by Gasteiger charge is -2.33. The van der Waals surface area contributed by atoms with E-state index in [2.05, 4.69) is 0 Å². The van der Waals surface area contributed by atoms with Gasteiger partial charge in [-0.1, -0.05) is 24.3 Å². The highest BCUT2D eigenvalue weighted by Gasteiger charge is 2.29. The number of carbonyl (C=O) groups excluding carboxylic acids is 2. The predicted molar refractivity (Wildman–Crippen MR) is 107 cm³/mol. The summed E-state index contributed by atoms with van der Waals surface area (Å²) in [4.78, 5) is 29.5. The van der Waals surface area contributed by atoms with Gasteiger partial charge in [0.1, 0.15) is 5.75 Å². The number of ether oxygens (including phenoxy) is 1. The van der Waals surface area contributed by atoms with E-state index in [1.165, 1.54) is 11.3 Å². The van der Waals surface area contributed by atoms with E-state index in [0.717, 1.165) is 29.9 Å². The van der Waals surface area contributed by atoms with Crippen LogP contribution < -0.4 is 4.74 Å². The van der Waals surface area contributed by atoms with Gasteiger partial charge in [0.25, 0.3) is 5.91 Å². The molecule has 2 heterocycles. The summed E-state index contributed by atoms with van der Waals surface area (Å²) in [6.45, 7) is 2.57. The third-order valence-corrected chi connectivity index (χ3v) is 5.75. The topological polar surface area (TPSA) is 49.9 Å². The molecule has 0 spiro atoms. The summed E-state index contributed by atoms with van der Waals surface area (Å²) in [7, 11) is 1.86. The van der Waals surface area contributed by atoms with E-state index in [4.69, 9.17) is 4.74 Å². The number of benzene rings is 1. The molecular formula is C21H26N2O3S. The molecule has 1 aromatic carbocycles. The van der Waals surface area contributed by atoms with Crippen LogP contribution in [-0.2, 0) is 4.79 Å². The molecule has 1 aliphatic rings. The number of hydrogen-bond acceptors (Lipinski definition) is 4. The average Bonchev–Trinajstić information content (AvgIpc) is 3.26. The number of piperidine rings is 1. The molecule has 0 saturated carbocycles. The summed E-state index contributed by atoms with van der Waals surface area (Å²) < 4.78 is 5.68. The van der Waals surface area contributed by atoms with Crippen LogP contribution in [0.4, 0.5) is 0 Å². The zero-order valence-corrected chi connectivity index (χ0v) is 16.5. The normalized spacial score (nSPS) is 14.8. The van der Waals surface area contributed by atoms with Crippen LogP contribution in [0.25, 0.3) is 0 Å². The first-order chi connectivity index (χ1) is 13.1. The number of nitrogens with zero attached hydrogens (tertiary/aromatic N) is 2. The summed E-state index contributed by atoms with van der Waals surface area (Å²) in [5.74, 6) is 1.13. The summed E-state index contributed by atoms with van der Waals surface area (Å²) >= 11 is 1.47. The first-order valence-corrected chi connectivity index (χ1v) is 10.3. The Morgan fingerprint density at radius 2 is 1.89 bits per heavy atom. The third-order valence-electron chi connectivity index (χ3n) is 4.89. The number of para-hydroxylation sites is 1. The molecule has 144 valence electrons. The maximum absolute atomic E-state index is 12.7. The monoisotopic (exact) mass is 386 g/mol. The molecule has 1 aromatic heterocycles. The Morgan fingerprint density at radius 3 is 2.56 bits per heavy atom. The van der Waals surface area contributed by atoms with Gasteiger partial charge in [-0.3, -0.25) is 9.59 Å². The Bertz CT molecular complexity index is 725. The van der Waals surface area contributed by atoms with Crippen LogP contribution in [0.3, 0.4) is 0 Å². The van der Waals surface area contributed by atoms with E-state index in [0.29, 0.717) is 26.2 Å². The van der Waals surface area contributed by atoms with Gasteiger partial charge in [-0.2, -0.15) is 0 Å². The van der Waals surface area contributed by atoms with Gasteiger partial charge in [-0.15, -0.1) is 11.3 Å². The van der Waals surface area contributed by atoms with E-state index >= 15 is 0 Å². The zero-order valence-electron chi connectivity index (χ0n) is 15.7. The minimum atomic E-state index is 0.0115. The fourth-order valence-corrected chi connectivity index (χ4v) is 4.01. The zero-order chi connectivity index (χ0) is 19.1. The van der Waals surface area contributed by atoms with E-state index in [1.54, 1.807) is 4.90 Å². The van der Waals surface area contributed by atoms with Gasteiger partial charge >= 0.3 is 0 Å². The minimum absolute atomic E-state index is 0.0115. The number of rotatable bonds is 7. The maximum Gasteiger partial charge on any atom is 0.263 e. The Labute approximate surface area is 164 Å². The number of amides is 2. The molecular weight excluding hydrogens is 360 g/mol. The summed E-state index contributed by atoms with van der Waals surface area (Å²) in [5, 5.41) is 1.92. The van der Waals surface area contributed by atoms with Gasteiger partial charge in [0.15, 0.2) is 0 Å². The van der Waals surface area contributed by atoms with Crippen LogP contribution in [-0.4, -0.2) is 54.9 Å². The van der Waals surface area contributed by atoms with Crippen molar-refractivity contribution in [3.8, 4) is 5.75 Å². The van der Waals surface area contributed by atoms with Crippen LogP contribution in [0.1, 0.15) is 28.9 Å². The molecule has 0 aliphatic carbocycles. The van der Waals surface area contributed by atoms with Crippen LogP contribution in [0.15, 0.2) is 47.8 Å². The highest BCUT2D eigenvalue weighted by Crippen LogP contribution is 2.22. The lowest BCUT2D eigenvalue weighted by atomic mass is 9.95. The Hall–Kier alpha value is -2.34. The molecule has 0 unspecified atom stereocenters. The predicted octanol–water partition coefficient (Wildman–Crippen LogP) is 3.53. The Kier molecular flexibility index (Phi) is 6.87. The van der Waals surface area contributed by atoms with Crippen molar-refractivity contribution in [2.24, 2.45) is 5.92 Å². The molecule has 27 heavy (non-hydrogen) atoms. The largest absolute Gasteiger partial charge is 0.494 e. The molecule has 0 radical (unpaired) electrons. The number of thiophene rings is 1. The second-order valence-electron chi connectivity index (χ2n) is 6.82. The number of likely N-dealkylation sites (tertiary alicyclic amines) is 1. The van der Waals surface area contributed by atoms with E-state index in [1.807, 2.05) is 59.8 Å². The number of carbonyl (C=O) groups is 2. The van der Waals surface area contributed by atoms with Crippen LogP contribution in [0, 0.1) is 5.92 Å². The molecule has 1 aliphatic heterocycles. The van der Waals surface area contributed by atoms with Crippen LogP contribution in [0.2, 0.25) is 0 Å². The second-order valence-corrected chi connectivity index (χ2v) is 7.77. The number of hydrogen-bond donors (Lipinski definition) is 0. The van der Waals surface area contributed by atoms with Crippen LogP contribution >= 0.6 is 11.3 Å². The van der Waals surface area contributed by atoms with Crippen molar-refractivity contribution in [3.63, 3.8) is 0 Å². The van der Waals surface area contributed by atoms with Gasteiger partial charge in [0.2, 0.25) is 5.91 Å². The van der Waals surface area contributed by atoms with Crippen molar-refractivity contribution < 1.29 is 14.3 Å². The molecule has 3 rings (SSSR count). The summed E-state index contributed by atoms with van der Waals surface area (Å²) in [6.07, 6.45) is 2.27. The minimum Gasteiger partial charge on any atom is -0.494 e. The Morgan fingerprint density at radius 1 is 1.15 bits per heavy atom. The highest BCUT2D eigenvalue weighted by atomic mass is 32.1. The fraction of sp³-hybridized carbons (Fsp3) is 0.429. The standard InChI is InChI=1S/C21H26N2O3S/c1-22(12-6-15-26-18-7-3-2-4-8-18)20(24)17-10-13-23(14-11-17)21(25)19-9-5-16-27-19/h2-5,7-9,16-17H,6,10-15H2,1H3. The van der Waals surface area contributed by atoms with E-state index in [9.17, 15) is 9.59 Å². The van der Waals surface area contributed by atoms with Crippen molar-refractivity contribution in [2.45, 2.75) is 19.3 Å². The molecule has 0 atom stereocenters. The fourth-order valence-electron chi connectivity index (χ4n) is 3.32. The maximum atomic E-state index is 12.7. The van der Waals surface area contributed by atoms with Crippen molar-refractivity contribution in [1.82, 2.24) is 9.80 Å². The van der Waals surface area contributed by atoms with Gasteiger partial charge in [-0.25, -0.2) is 0 Å². The molecule has 5 nitrogen and oxygen atoms in total. The molecule has 0 N–H and O–H groups in total. The molecule has 1 saturated heterocycles. The lowest BCUT2D eigenvalue weighted by molar-refractivity contribution is -0.135. The molecule has 0 bridgehead atoms. The van der Waals surface area contributed by atoms with Crippen LogP contribution in [0.5, 0.6) is 5.75 Å². The third kappa shape index (κ3) is 5.32.